The lowest BCUT2D eigenvalue weighted by atomic mass is 10.2. The number of amides is 1. The maximum Gasteiger partial charge on any atom is 0.247 e. The molecule has 2 aromatic heterocycles. The quantitative estimate of drug-likeness (QED) is 0.647. The van der Waals surface area contributed by atoms with Gasteiger partial charge in [-0.25, -0.2) is 9.97 Å². The third-order valence-electron chi connectivity index (χ3n) is 4.57. The lowest BCUT2D eigenvalue weighted by molar-refractivity contribution is -0.117. The molecule has 1 aromatic carbocycles. The summed E-state index contributed by atoms with van der Waals surface area (Å²) in [6, 6.07) is 6.98. The van der Waals surface area contributed by atoms with Crippen LogP contribution in [0.25, 0.3) is 10.2 Å². The first kappa shape index (κ1) is 19.2. The summed E-state index contributed by atoms with van der Waals surface area (Å²) in [7, 11) is 1.56. The highest BCUT2D eigenvalue weighted by molar-refractivity contribution is 7.16. The van der Waals surface area contributed by atoms with Gasteiger partial charge in [-0.15, -0.1) is 23.7 Å². The van der Waals surface area contributed by atoms with E-state index in [4.69, 9.17) is 10.5 Å². The van der Waals surface area contributed by atoms with Crippen molar-refractivity contribution in [2.24, 2.45) is 0 Å². The molecule has 142 valence electrons. The number of anilines is 3. The minimum atomic E-state index is -0.267. The first-order chi connectivity index (χ1) is 12.7. The Morgan fingerprint density at radius 1 is 1.37 bits per heavy atom. The molecule has 0 saturated carbocycles. The van der Waals surface area contributed by atoms with E-state index in [-0.39, 0.29) is 24.4 Å². The van der Waals surface area contributed by atoms with Crippen molar-refractivity contribution in [3.63, 3.8) is 0 Å². The molecule has 1 aliphatic rings. The molecule has 3 N–H and O–H groups in total. The lowest BCUT2D eigenvalue weighted by Crippen LogP contribution is -2.40. The molecular weight excluding hydrogens is 386 g/mol. The minimum absolute atomic E-state index is 0. The Morgan fingerprint density at radius 3 is 3.00 bits per heavy atom. The molecule has 0 aliphatic carbocycles. The van der Waals surface area contributed by atoms with E-state index in [1.54, 1.807) is 43.0 Å². The molecule has 1 fully saturated rings. The molecule has 1 aliphatic heterocycles. The zero-order valence-corrected chi connectivity index (χ0v) is 16.3. The van der Waals surface area contributed by atoms with Gasteiger partial charge >= 0.3 is 0 Å². The molecule has 1 atom stereocenters. The van der Waals surface area contributed by atoms with Crippen molar-refractivity contribution in [2.45, 2.75) is 18.9 Å². The average molecular weight is 406 g/mol. The van der Waals surface area contributed by atoms with Gasteiger partial charge in [0.25, 0.3) is 0 Å². The van der Waals surface area contributed by atoms with E-state index >= 15 is 0 Å². The van der Waals surface area contributed by atoms with Gasteiger partial charge in [-0.3, -0.25) is 4.79 Å². The molecule has 3 aromatic rings. The second-order valence-corrected chi connectivity index (χ2v) is 7.03. The van der Waals surface area contributed by atoms with Crippen LogP contribution in [0.5, 0.6) is 5.75 Å². The number of nitrogens with one attached hydrogen (secondary N) is 1. The summed E-state index contributed by atoms with van der Waals surface area (Å²) < 4.78 is 5.15. The number of nitrogens with two attached hydrogens (primary N) is 1. The van der Waals surface area contributed by atoms with Gasteiger partial charge in [-0.2, -0.15) is 0 Å². The van der Waals surface area contributed by atoms with E-state index in [0.29, 0.717) is 17.1 Å². The van der Waals surface area contributed by atoms with Crippen LogP contribution in [0.4, 0.5) is 17.2 Å². The van der Waals surface area contributed by atoms with Crippen molar-refractivity contribution in [2.75, 3.05) is 29.6 Å². The zero-order valence-electron chi connectivity index (χ0n) is 14.7. The number of thiophene rings is 1. The summed E-state index contributed by atoms with van der Waals surface area (Å²) in [6.07, 6.45) is 3.29. The summed E-state index contributed by atoms with van der Waals surface area (Å²) in [5.74, 6) is 1.35. The van der Waals surface area contributed by atoms with Gasteiger partial charge in [0.2, 0.25) is 5.91 Å². The molecule has 0 radical (unpaired) electrons. The first-order valence-electron chi connectivity index (χ1n) is 8.36. The maximum absolute atomic E-state index is 12.9. The summed E-state index contributed by atoms with van der Waals surface area (Å²) >= 11 is 1.57. The monoisotopic (exact) mass is 405 g/mol. The number of nitrogen functional groups attached to an aromatic ring is 1. The number of carbonyl (C=O) groups excluding carboxylic acids is 1. The second-order valence-electron chi connectivity index (χ2n) is 6.13. The molecule has 9 heteroatoms. The third kappa shape index (κ3) is 3.63. The highest BCUT2D eigenvalue weighted by Gasteiger charge is 2.32. The molecule has 3 heterocycles. The minimum Gasteiger partial charge on any atom is -0.495 e. The Kier molecular flexibility index (Phi) is 5.67. The van der Waals surface area contributed by atoms with Crippen molar-refractivity contribution < 1.29 is 9.53 Å². The Balaban J connectivity index is 0.00000210. The number of aromatic nitrogens is 2. The zero-order chi connectivity index (χ0) is 18.1. The van der Waals surface area contributed by atoms with Gasteiger partial charge < -0.3 is 20.7 Å². The van der Waals surface area contributed by atoms with Crippen molar-refractivity contribution in [3.8, 4) is 5.75 Å². The predicted molar refractivity (Wildman–Crippen MR) is 111 cm³/mol. The number of nitrogens with zero attached hydrogens (tertiary/aromatic N) is 3. The molecule has 4 rings (SSSR count). The highest BCUT2D eigenvalue weighted by Crippen LogP contribution is 2.32. The van der Waals surface area contributed by atoms with Crippen LogP contribution in [0.15, 0.2) is 36.0 Å². The Labute approximate surface area is 167 Å². The van der Waals surface area contributed by atoms with Crippen molar-refractivity contribution >= 4 is 57.1 Å². The van der Waals surface area contributed by atoms with Gasteiger partial charge in [-0.05, 0) is 42.5 Å². The fourth-order valence-electron chi connectivity index (χ4n) is 3.34. The van der Waals surface area contributed by atoms with Crippen molar-refractivity contribution in [3.05, 3.63) is 36.0 Å². The van der Waals surface area contributed by atoms with Crippen LogP contribution in [0.1, 0.15) is 12.8 Å². The number of benzene rings is 1. The Hall–Kier alpha value is -2.58. The Bertz CT molecular complexity index is 964. The first-order valence-corrected chi connectivity index (χ1v) is 9.24. The second kappa shape index (κ2) is 7.98. The van der Waals surface area contributed by atoms with E-state index in [1.165, 1.54) is 0 Å². The standard InChI is InChI=1S/C18H19N5O2S.ClH/c1-25-15-5-4-11(9-13(15)19)22-17(24)14-3-2-7-23(14)16-12-6-8-26-18(12)21-10-20-16;/h4-6,8-10,14H,2-3,7,19H2,1H3,(H,22,24);1H. The predicted octanol–water partition coefficient (Wildman–Crippen LogP) is 3.31. The number of fused-ring (bicyclic) bond motifs is 1. The number of ether oxygens (including phenoxy) is 1. The topological polar surface area (TPSA) is 93.4 Å². The van der Waals surface area contributed by atoms with Crippen molar-refractivity contribution in [1.29, 1.82) is 0 Å². The van der Waals surface area contributed by atoms with Crippen LogP contribution in [-0.4, -0.2) is 35.6 Å². The van der Waals surface area contributed by atoms with Crippen LogP contribution in [0.2, 0.25) is 0 Å². The number of carbonyl (C=O) groups is 1. The number of hydrogen-bond donors (Lipinski definition) is 2. The van der Waals surface area contributed by atoms with E-state index < -0.39 is 0 Å². The van der Waals surface area contributed by atoms with E-state index in [9.17, 15) is 4.79 Å². The van der Waals surface area contributed by atoms with Crippen LogP contribution < -0.4 is 20.7 Å². The molecule has 1 saturated heterocycles. The normalized spacial score (nSPS) is 16.2. The number of rotatable bonds is 4. The van der Waals surface area contributed by atoms with Gasteiger partial charge in [0.15, 0.2) is 0 Å². The molecule has 1 unspecified atom stereocenters. The lowest BCUT2D eigenvalue weighted by Gasteiger charge is -2.25. The molecule has 27 heavy (non-hydrogen) atoms. The molecule has 0 spiro atoms. The van der Waals surface area contributed by atoms with Gasteiger partial charge in [0.05, 0.1) is 18.2 Å². The number of halogens is 1. The van der Waals surface area contributed by atoms with E-state index in [1.807, 2.05) is 11.4 Å². The Morgan fingerprint density at radius 2 is 2.22 bits per heavy atom. The van der Waals surface area contributed by atoms with Gasteiger partial charge in [-0.1, -0.05) is 0 Å². The largest absolute Gasteiger partial charge is 0.495 e. The fourth-order valence-corrected chi connectivity index (χ4v) is 4.06. The van der Waals surface area contributed by atoms with Gasteiger partial charge in [0, 0.05) is 12.2 Å². The SMILES string of the molecule is COc1ccc(NC(=O)C2CCCN2c2ncnc3sccc23)cc1N.Cl. The molecule has 1 amide bonds. The molecule has 7 nitrogen and oxygen atoms in total. The van der Waals surface area contributed by atoms with Crippen LogP contribution in [0.3, 0.4) is 0 Å². The summed E-state index contributed by atoms with van der Waals surface area (Å²) in [5.41, 5.74) is 7.07. The van der Waals surface area contributed by atoms with Crippen LogP contribution >= 0.6 is 23.7 Å². The van der Waals surface area contributed by atoms with Crippen LogP contribution in [-0.2, 0) is 4.79 Å². The summed E-state index contributed by atoms with van der Waals surface area (Å²) in [5, 5.41) is 5.95. The fraction of sp³-hybridized carbons (Fsp3) is 0.278. The summed E-state index contributed by atoms with van der Waals surface area (Å²) in [4.78, 5) is 24.6. The molecular formula is C18H20ClN5O2S. The smallest absolute Gasteiger partial charge is 0.247 e. The van der Waals surface area contributed by atoms with E-state index in [2.05, 4.69) is 20.2 Å². The van der Waals surface area contributed by atoms with E-state index in [0.717, 1.165) is 35.4 Å². The number of hydrogen-bond acceptors (Lipinski definition) is 7. The van der Waals surface area contributed by atoms with Crippen LogP contribution in [0, 0.1) is 0 Å². The summed E-state index contributed by atoms with van der Waals surface area (Å²) in [6.45, 7) is 0.796. The average Bonchev–Trinajstić information content (AvgIpc) is 3.31. The molecule has 0 bridgehead atoms. The number of methoxy groups -OCH3 is 1. The van der Waals surface area contributed by atoms with Gasteiger partial charge in [0.1, 0.15) is 28.8 Å². The highest BCUT2D eigenvalue weighted by atomic mass is 35.5. The third-order valence-corrected chi connectivity index (χ3v) is 5.39. The maximum atomic E-state index is 12.9. The van der Waals surface area contributed by atoms with Crippen molar-refractivity contribution in [1.82, 2.24) is 9.97 Å².